The second kappa shape index (κ2) is 9.91. The van der Waals surface area contributed by atoms with Crippen molar-refractivity contribution >= 4 is 16.1 Å². The average molecular weight is 425 g/mol. The van der Waals surface area contributed by atoms with Gasteiger partial charge < -0.3 is 14.4 Å². The molecule has 3 rings (SSSR count). The number of likely N-dealkylation sites (tertiary alicyclic amines) is 1. The molecule has 2 fully saturated rings. The molecule has 1 aliphatic heterocycles. The molecule has 1 aromatic rings. The van der Waals surface area contributed by atoms with Crippen molar-refractivity contribution in [1.29, 1.82) is 0 Å². The molecule has 1 saturated heterocycles. The molecule has 8 heteroatoms. The van der Waals surface area contributed by atoms with Crippen molar-refractivity contribution in [3.63, 3.8) is 0 Å². The predicted octanol–water partition coefficient (Wildman–Crippen LogP) is 2.88. The summed E-state index contributed by atoms with van der Waals surface area (Å²) in [6, 6.07) is 9.86. The van der Waals surface area contributed by atoms with Gasteiger partial charge in [-0.2, -0.15) is 0 Å². The first-order chi connectivity index (χ1) is 13.9. The lowest BCUT2D eigenvalue weighted by Gasteiger charge is -2.32. The summed E-state index contributed by atoms with van der Waals surface area (Å²) < 4.78 is 37.4. The first kappa shape index (κ1) is 22.1. The van der Waals surface area contributed by atoms with Crippen molar-refractivity contribution in [2.24, 2.45) is 0 Å². The molecule has 0 aromatic heterocycles. The lowest BCUT2D eigenvalue weighted by molar-refractivity contribution is -0.00654. The van der Waals surface area contributed by atoms with Gasteiger partial charge in [-0.3, -0.25) is 0 Å². The number of rotatable bonds is 7. The van der Waals surface area contributed by atoms with E-state index in [4.69, 9.17) is 9.47 Å². The molecule has 1 aliphatic carbocycles. The Kier molecular flexibility index (Phi) is 7.54. The van der Waals surface area contributed by atoms with E-state index in [2.05, 4.69) is 29.0 Å². The molecule has 1 saturated carbocycles. The van der Waals surface area contributed by atoms with E-state index in [-0.39, 0.29) is 24.8 Å². The number of ether oxygens (including phenoxy) is 2. The van der Waals surface area contributed by atoms with Gasteiger partial charge in [0.1, 0.15) is 0 Å². The van der Waals surface area contributed by atoms with E-state index in [9.17, 15) is 13.2 Å². The summed E-state index contributed by atoms with van der Waals surface area (Å²) in [5, 5.41) is 0. The SMILES string of the molecule is CCOC(=O)N1CCC(NS(C)(=O)=O)C1COC1CCC(c2ccccc2)CC1. The zero-order valence-corrected chi connectivity index (χ0v) is 18.1. The molecular weight excluding hydrogens is 392 g/mol. The Labute approximate surface area is 173 Å². The number of carbonyl (C=O) groups is 1. The fraction of sp³-hybridized carbons (Fsp3) is 0.667. The topological polar surface area (TPSA) is 84.9 Å². The Morgan fingerprint density at radius 1 is 1.14 bits per heavy atom. The van der Waals surface area contributed by atoms with E-state index in [1.165, 1.54) is 5.56 Å². The maximum Gasteiger partial charge on any atom is 0.410 e. The summed E-state index contributed by atoms with van der Waals surface area (Å²) in [5.74, 6) is 0.568. The van der Waals surface area contributed by atoms with Crippen LogP contribution in [0.3, 0.4) is 0 Å². The summed E-state index contributed by atoms with van der Waals surface area (Å²) >= 11 is 0. The van der Waals surface area contributed by atoms with Crippen molar-refractivity contribution < 1.29 is 22.7 Å². The van der Waals surface area contributed by atoms with Crippen LogP contribution >= 0.6 is 0 Å². The maximum atomic E-state index is 12.3. The smallest absolute Gasteiger partial charge is 0.410 e. The van der Waals surface area contributed by atoms with Crippen molar-refractivity contribution in [3.8, 4) is 0 Å². The van der Waals surface area contributed by atoms with Crippen molar-refractivity contribution in [3.05, 3.63) is 35.9 Å². The van der Waals surface area contributed by atoms with Gasteiger partial charge in [-0.15, -0.1) is 0 Å². The lowest BCUT2D eigenvalue weighted by atomic mass is 9.83. The summed E-state index contributed by atoms with van der Waals surface area (Å²) in [4.78, 5) is 13.9. The Hall–Kier alpha value is -1.64. The van der Waals surface area contributed by atoms with Crippen LogP contribution in [0.15, 0.2) is 30.3 Å². The highest BCUT2D eigenvalue weighted by molar-refractivity contribution is 7.88. The van der Waals surface area contributed by atoms with Gasteiger partial charge in [0.05, 0.1) is 31.6 Å². The molecule has 1 heterocycles. The molecule has 2 aliphatic rings. The van der Waals surface area contributed by atoms with Crippen LogP contribution in [0, 0.1) is 0 Å². The van der Waals surface area contributed by atoms with Crippen LogP contribution in [0.1, 0.15) is 50.5 Å². The first-order valence-corrected chi connectivity index (χ1v) is 12.3. The molecule has 0 bridgehead atoms. The standard InChI is InChI=1S/C21H32N2O5S/c1-3-27-21(24)23-14-13-19(22-29(2,25)26)20(23)15-28-18-11-9-17(10-12-18)16-7-5-4-6-8-16/h4-8,17-20,22H,3,9-15H2,1-2H3. The highest BCUT2D eigenvalue weighted by Gasteiger charge is 2.40. The van der Waals surface area contributed by atoms with Crippen molar-refractivity contribution in [1.82, 2.24) is 9.62 Å². The number of sulfonamides is 1. The number of nitrogens with zero attached hydrogens (tertiary/aromatic N) is 1. The minimum atomic E-state index is -3.37. The van der Waals surface area contributed by atoms with Crippen LogP contribution in [-0.4, -0.2) is 63.6 Å². The van der Waals surface area contributed by atoms with Crippen LogP contribution in [0.2, 0.25) is 0 Å². The van der Waals surface area contributed by atoms with E-state index >= 15 is 0 Å². The summed E-state index contributed by atoms with van der Waals surface area (Å²) in [6.45, 7) is 2.82. The fourth-order valence-corrected chi connectivity index (χ4v) is 5.25. The van der Waals surface area contributed by atoms with Gasteiger partial charge in [0.15, 0.2) is 0 Å². The third-order valence-electron chi connectivity index (χ3n) is 5.86. The molecule has 162 valence electrons. The van der Waals surface area contributed by atoms with Crippen LogP contribution < -0.4 is 4.72 Å². The zero-order chi connectivity index (χ0) is 20.9. The second-order valence-electron chi connectivity index (χ2n) is 7.96. The highest BCUT2D eigenvalue weighted by Crippen LogP contribution is 2.34. The van der Waals surface area contributed by atoms with E-state index < -0.39 is 16.1 Å². The molecule has 1 aromatic carbocycles. The van der Waals surface area contributed by atoms with Crippen LogP contribution in [0.5, 0.6) is 0 Å². The van der Waals surface area contributed by atoms with Gasteiger partial charge in [-0.25, -0.2) is 17.9 Å². The van der Waals surface area contributed by atoms with Gasteiger partial charge in [0, 0.05) is 12.6 Å². The van der Waals surface area contributed by atoms with Gasteiger partial charge in [-0.05, 0) is 50.5 Å². The van der Waals surface area contributed by atoms with Gasteiger partial charge in [0.25, 0.3) is 0 Å². The molecule has 2 unspecified atom stereocenters. The third-order valence-corrected chi connectivity index (χ3v) is 6.59. The van der Waals surface area contributed by atoms with Crippen LogP contribution in [-0.2, 0) is 19.5 Å². The Morgan fingerprint density at radius 3 is 2.45 bits per heavy atom. The van der Waals surface area contributed by atoms with Gasteiger partial charge in [-0.1, -0.05) is 30.3 Å². The van der Waals surface area contributed by atoms with E-state index in [1.54, 1.807) is 11.8 Å². The maximum absolute atomic E-state index is 12.3. The number of hydrogen-bond acceptors (Lipinski definition) is 5. The number of hydrogen-bond donors (Lipinski definition) is 1. The summed E-state index contributed by atoms with van der Waals surface area (Å²) in [6.07, 6.45) is 5.51. The number of amides is 1. The van der Waals surface area contributed by atoms with E-state index in [0.717, 1.165) is 31.9 Å². The molecular formula is C21H32N2O5S. The predicted molar refractivity (Wildman–Crippen MR) is 111 cm³/mol. The lowest BCUT2D eigenvalue weighted by Crippen LogP contribution is -2.49. The third kappa shape index (κ3) is 6.17. The second-order valence-corrected chi connectivity index (χ2v) is 9.74. The Bertz CT molecular complexity index is 763. The van der Waals surface area contributed by atoms with Crippen molar-refractivity contribution in [2.45, 2.75) is 63.1 Å². The number of nitrogens with one attached hydrogen (secondary N) is 1. The van der Waals surface area contributed by atoms with E-state index in [1.807, 2.05) is 6.07 Å². The zero-order valence-electron chi connectivity index (χ0n) is 17.2. The summed E-state index contributed by atoms with van der Waals surface area (Å²) in [7, 11) is -3.37. The largest absolute Gasteiger partial charge is 0.450 e. The highest BCUT2D eigenvalue weighted by atomic mass is 32.2. The fourth-order valence-electron chi connectivity index (χ4n) is 4.43. The van der Waals surface area contributed by atoms with Crippen LogP contribution in [0.4, 0.5) is 4.79 Å². The molecule has 2 atom stereocenters. The van der Waals surface area contributed by atoms with Gasteiger partial charge in [0.2, 0.25) is 10.0 Å². The first-order valence-electron chi connectivity index (χ1n) is 10.4. The minimum absolute atomic E-state index is 0.137. The molecule has 1 amide bonds. The quantitative estimate of drug-likeness (QED) is 0.728. The minimum Gasteiger partial charge on any atom is -0.450 e. The normalized spacial score (nSPS) is 27.7. The average Bonchev–Trinajstić information content (AvgIpc) is 3.08. The van der Waals surface area contributed by atoms with Crippen molar-refractivity contribution in [2.75, 3.05) is 26.0 Å². The van der Waals surface area contributed by atoms with Crippen LogP contribution in [0.25, 0.3) is 0 Å². The molecule has 7 nitrogen and oxygen atoms in total. The molecule has 0 spiro atoms. The molecule has 29 heavy (non-hydrogen) atoms. The van der Waals surface area contributed by atoms with Gasteiger partial charge >= 0.3 is 6.09 Å². The summed E-state index contributed by atoms with van der Waals surface area (Å²) in [5.41, 5.74) is 1.38. The Morgan fingerprint density at radius 2 is 1.83 bits per heavy atom. The monoisotopic (exact) mass is 424 g/mol. The van der Waals surface area contributed by atoms with E-state index in [0.29, 0.717) is 25.5 Å². The number of carbonyl (C=O) groups excluding carboxylic acids is 1. The Balaban J connectivity index is 1.56. The molecule has 1 N–H and O–H groups in total. The molecule has 0 radical (unpaired) electrons. The number of benzene rings is 1.